The fourth-order valence-corrected chi connectivity index (χ4v) is 3.62. The van der Waals surface area contributed by atoms with E-state index >= 15 is 0 Å². The Bertz CT molecular complexity index is 994. The van der Waals surface area contributed by atoms with Crippen molar-refractivity contribution in [3.8, 4) is 11.5 Å². The second-order valence-electron chi connectivity index (χ2n) is 7.17. The maximum atomic E-state index is 5.33. The Morgan fingerprint density at radius 2 is 1.43 bits per heavy atom. The van der Waals surface area contributed by atoms with E-state index in [1.54, 1.807) is 14.2 Å². The molecule has 0 radical (unpaired) electrons. The van der Waals surface area contributed by atoms with Gasteiger partial charge in [-0.1, -0.05) is 24.3 Å². The molecule has 0 aliphatic carbocycles. The molecule has 4 nitrogen and oxygen atoms in total. The van der Waals surface area contributed by atoms with E-state index in [0.717, 1.165) is 40.6 Å². The lowest BCUT2D eigenvalue weighted by Gasteiger charge is -2.32. The molecule has 28 heavy (non-hydrogen) atoms. The van der Waals surface area contributed by atoms with E-state index < -0.39 is 0 Å². The van der Waals surface area contributed by atoms with E-state index in [0.29, 0.717) is 0 Å². The molecule has 1 heterocycles. The molecule has 3 aromatic rings. The van der Waals surface area contributed by atoms with Crippen LogP contribution in [0.15, 0.2) is 77.8 Å². The fraction of sp³-hybridized carbons (Fsp3) is 0.208. The normalized spacial score (nSPS) is 18.3. The van der Waals surface area contributed by atoms with Crippen molar-refractivity contribution in [2.75, 3.05) is 19.5 Å². The summed E-state index contributed by atoms with van der Waals surface area (Å²) in [6.45, 7) is 2.22. The van der Waals surface area contributed by atoms with Gasteiger partial charge in [-0.2, -0.15) is 0 Å². The summed E-state index contributed by atoms with van der Waals surface area (Å²) in [4.78, 5) is 5.01. The van der Waals surface area contributed by atoms with Crippen molar-refractivity contribution >= 4 is 17.1 Å². The zero-order valence-corrected chi connectivity index (χ0v) is 16.4. The topological polar surface area (TPSA) is 42.8 Å². The highest BCUT2D eigenvalue weighted by Gasteiger charge is 2.32. The lowest BCUT2D eigenvalue weighted by Crippen LogP contribution is -2.33. The van der Waals surface area contributed by atoms with Gasteiger partial charge in [-0.15, -0.1) is 0 Å². The van der Waals surface area contributed by atoms with Gasteiger partial charge in [0.15, 0.2) is 0 Å². The summed E-state index contributed by atoms with van der Waals surface area (Å²) in [6.07, 6.45) is 0.750. The zero-order valence-electron chi connectivity index (χ0n) is 16.4. The standard InChI is InChI=1S/C24H24N2O2/c1-24(18-10-14-20(28-3)15-11-18)16-23(17-8-12-19(27-2)13-9-17)25-21-6-4-5-7-22(21)26-24/h4-15,26H,16H2,1-3H3/t24-/m1/s1. The van der Waals surface area contributed by atoms with E-state index in [2.05, 4.69) is 42.6 Å². The van der Waals surface area contributed by atoms with Gasteiger partial charge in [0, 0.05) is 6.42 Å². The van der Waals surface area contributed by atoms with Crippen LogP contribution in [-0.4, -0.2) is 19.9 Å². The first kappa shape index (κ1) is 18.1. The molecule has 0 fully saturated rings. The molecule has 0 saturated heterocycles. The molecule has 142 valence electrons. The fourth-order valence-electron chi connectivity index (χ4n) is 3.62. The van der Waals surface area contributed by atoms with Crippen LogP contribution in [0.2, 0.25) is 0 Å². The summed E-state index contributed by atoms with van der Waals surface area (Å²) in [5.41, 5.74) is 5.00. The number of ether oxygens (including phenoxy) is 2. The smallest absolute Gasteiger partial charge is 0.118 e. The van der Waals surface area contributed by atoms with Crippen LogP contribution in [0.5, 0.6) is 11.5 Å². The molecular weight excluding hydrogens is 348 g/mol. The third-order valence-corrected chi connectivity index (χ3v) is 5.24. The van der Waals surface area contributed by atoms with Crippen molar-refractivity contribution in [3.05, 3.63) is 83.9 Å². The van der Waals surface area contributed by atoms with Gasteiger partial charge in [0.05, 0.1) is 36.8 Å². The Morgan fingerprint density at radius 3 is 2.07 bits per heavy atom. The number of nitrogens with one attached hydrogen (secondary N) is 1. The van der Waals surface area contributed by atoms with E-state index in [9.17, 15) is 0 Å². The number of aliphatic imine (C=N–C) groups is 1. The summed E-state index contributed by atoms with van der Waals surface area (Å²) in [5.74, 6) is 1.69. The van der Waals surface area contributed by atoms with E-state index in [1.165, 1.54) is 5.56 Å². The first-order valence-electron chi connectivity index (χ1n) is 9.35. The highest BCUT2D eigenvalue weighted by atomic mass is 16.5. The van der Waals surface area contributed by atoms with Gasteiger partial charge in [0.25, 0.3) is 0 Å². The molecule has 1 aliphatic heterocycles. The largest absolute Gasteiger partial charge is 0.497 e. The molecule has 0 bridgehead atoms. The molecule has 4 rings (SSSR count). The molecular formula is C24H24N2O2. The monoisotopic (exact) mass is 372 g/mol. The maximum Gasteiger partial charge on any atom is 0.118 e. The minimum absolute atomic E-state index is 0.308. The summed E-state index contributed by atoms with van der Waals surface area (Å²) >= 11 is 0. The molecule has 0 spiro atoms. The lowest BCUT2D eigenvalue weighted by molar-refractivity contribution is 0.414. The molecule has 4 heteroatoms. The second-order valence-corrected chi connectivity index (χ2v) is 7.17. The third kappa shape index (κ3) is 3.46. The van der Waals surface area contributed by atoms with E-state index in [1.807, 2.05) is 42.5 Å². The number of methoxy groups -OCH3 is 2. The lowest BCUT2D eigenvalue weighted by atomic mass is 9.85. The quantitative estimate of drug-likeness (QED) is 0.652. The van der Waals surface area contributed by atoms with Crippen LogP contribution in [0.1, 0.15) is 24.5 Å². The van der Waals surface area contributed by atoms with Crippen LogP contribution in [0, 0.1) is 0 Å². The Morgan fingerprint density at radius 1 is 0.821 bits per heavy atom. The predicted molar refractivity (Wildman–Crippen MR) is 114 cm³/mol. The number of hydrogen-bond donors (Lipinski definition) is 1. The van der Waals surface area contributed by atoms with Gasteiger partial charge in [0.2, 0.25) is 0 Å². The Balaban J connectivity index is 1.80. The Hall–Kier alpha value is -3.27. The number of rotatable bonds is 4. The first-order chi connectivity index (χ1) is 13.6. The van der Waals surface area contributed by atoms with Crippen LogP contribution < -0.4 is 14.8 Å². The Kier molecular flexibility index (Phi) is 4.78. The molecule has 0 saturated carbocycles. The van der Waals surface area contributed by atoms with Gasteiger partial charge >= 0.3 is 0 Å². The van der Waals surface area contributed by atoms with Crippen LogP contribution in [0.4, 0.5) is 11.4 Å². The van der Waals surface area contributed by atoms with Crippen LogP contribution in [0.3, 0.4) is 0 Å². The van der Waals surface area contributed by atoms with Gasteiger partial charge in [-0.25, -0.2) is 0 Å². The average Bonchev–Trinajstić information content (AvgIpc) is 2.90. The number of fused-ring (bicyclic) bond motifs is 1. The highest BCUT2D eigenvalue weighted by molar-refractivity contribution is 6.04. The van der Waals surface area contributed by atoms with Crippen molar-refractivity contribution in [2.45, 2.75) is 18.9 Å². The number of para-hydroxylation sites is 2. The van der Waals surface area contributed by atoms with Crippen molar-refractivity contribution in [1.29, 1.82) is 0 Å². The van der Waals surface area contributed by atoms with Crippen molar-refractivity contribution in [2.24, 2.45) is 4.99 Å². The SMILES string of the molecule is COc1ccc(C2=Nc3ccccc3N[C@@](C)(c3ccc(OC)cc3)C2)cc1. The molecule has 1 aliphatic rings. The predicted octanol–water partition coefficient (Wildman–Crippen LogP) is 5.56. The van der Waals surface area contributed by atoms with Gasteiger partial charge in [-0.3, -0.25) is 4.99 Å². The van der Waals surface area contributed by atoms with Crippen LogP contribution in [0.25, 0.3) is 0 Å². The van der Waals surface area contributed by atoms with Gasteiger partial charge < -0.3 is 14.8 Å². The molecule has 1 N–H and O–H groups in total. The van der Waals surface area contributed by atoms with Crippen molar-refractivity contribution in [3.63, 3.8) is 0 Å². The summed E-state index contributed by atoms with van der Waals surface area (Å²) in [5, 5.41) is 3.73. The van der Waals surface area contributed by atoms with Crippen molar-refractivity contribution < 1.29 is 9.47 Å². The van der Waals surface area contributed by atoms with E-state index in [4.69, 9.17) is 14.5 Å². The zero-order chi connectivity index (χ0) is 19.6. The van der Waals surface area contributed by atoms with Gasteiger partial charge in [0.1, 0.15) is 11.5 Å². The minimum Gasteiger partial charge on any atom is -0.497 e. The highest BCUT2D eigenvalue weighted by Crippen LogP contribution is 2.39. The molecule has 0 aromatic heterocycles. The average molecular weight is 372 g/mol. The molecule has 0 unspecified atom stereocenters. The summed E-state index contributed by atoms with van der Waals surface area (Å²) in [7, 11) is 3.37. The Labute approximate surface area is 165 Å². The minimum atomic E-state index is -0.308. The van der Waals surface area contributed by atoms with Crippen LogP contribution >= 0.6 is 0 Å². The summed E-state index contributed by atoms with van der Waals surface area (Å²) < 4.78 is 10.6. The first-order valence-corrected chi connectivity index (χ1v) is 9.35. The van der Waals surface area contributed by atoms with E-state index in [-0.39, 0.29) is 5.54 Å². The second kappa shape index (κ2) is 7.39. The summed E-state index contributed by atoms with van der Waals surface area (Å²) in [6, 6.07) is 24.5. The molecule has 3 aromatic carbocycles. The maximum absolute atomic E-state index is 5.33. The van der Waals surface area contributed by atoms with Gasteiger partial charge in [-0.05, 0) is 66.6 Å². The molecule has 0 amide bonds. The number of hydrogen-bond acceptors (Lipinski definition) is 4. The third-order valence-electron chi connectivity index (χ3n) is 5.24. The number of benzene rings is 3. The number of anilines is 1. The number of nitrogens with zero attached hydrogens (tertiary/aromatic N) is 1. The van der Waals surface area contributed by atoms with Crippen LogP contribution in [-0.2, 0) is 5.54 Å². The van der Waals surface area contributed by atoms with Crippen molar-refractivity contribution in [1.82, 2.24) is 0 Å². The molecule has 1 atom stereocenters.